The molecule has 19 heavy (non-hydrogen) atoms. The van der Waals surface area contributed by atoms with Crippen LogP contribution in [0.25, 0.3) is 11.0 Å². The van der Waals surface area contributed by atoms with Crippen molar-refractivity contribution in [3.63, 3.8) is 0 Å². The van der Waals surface area contributed by atoms with E-state index in [2.05, 4.69) is 18.3 Å². The molecule has 1 amide bonds. The van der Waals surface area contributed by atoms with Crippen LogP contribution in [0.5, 0.6) is 0 Å². The monoisotopic (exact) mass is 322 g/mol. The number of fused-ring (bicyclic) bond motifs is 1. The van der Waals surface area contributed by atoms with E-state index in [4.69, 9.17) is 0 Å². The van der Waals surface area contributed by atoms with Gasteiger partial charge in [0.1, 0.15) is 0 Å². The van der Waals surface area contributed by atoms with Gasteiger partial charge in [0, 0.05) is 0 Å². The number of nitrogens with zero attached hydrogens (tertiary/aromatic N) is 3. The quantitative estimate of drug-likeness (QED) is 0.573. The maximum absolute atomic E-state index is 13.0. The van der Waals surface area contributed by atoms with Crippen LogP contribution in [-0.4, -0.2) is 33.8 Å². The number of hydrogen-bond donors (Lipinski definition) is 1. The number of pyridine rings is 1. The summed E-state index contributed by atoms with van der Waals surface area (Å²) in [4.78, 5) is 15.4. The zero-order chi connectivity index (χ0) is 13.2. The summed E-state index contributed by atoms with van der Waals surface area (Å²) < 4.78 is 21.5. The molecule has 2 heterocycles. The van der Waals surface area contributed by atoms with Crippen molar-refractivity contribution in [2.45, 2.75) is 0 Å². The summed E-state index contributed by atoms with van der Waals surface area (Å²) in [6.07, 6.45) is 1.25. The molecule has 0 bridgehead atoms. The molecule has 0 aliphatic heterocycles. The van der Waals surface area contributed by atoms with E-state index in [0.29, 0.717) is 11.2 Å². The normalized spacial score (nSPS) is 10.6. The Hall–Kier alpha value is -2.11. The van der Waals surface area contributed by atoms with E-state index in [-0.39, 0.29) is 20.5 Å². The summed E-state index contributed by atoms with van der Waals surface area (Å²) in [6.45, 7) is 0. The molecule has 5 nitrogen and oxygen atoms in total. The van der Waals surface area contributed by atoms with Crippen LogP contribution in [0.3, 0.4) is 0 Å². The number of carbonyl (C=O) groups is 1. The molecule has 94 valence electrons. The van der Waals surface area contributed by atoms with Crippen LogP contribution in [0.4, 0.5) is 10.1 Å². The minimum atomic E-state index is -0.686. The second-order valence-electron chi connectivity index (χ2n) is 3.76. The summed E-state index contributed by atoms with van der Waals surface area (Å²) in [5.41, 5.74) is 2.26. The molecule has 3 aromatic rings. The van der Waals surface area contributed by atoms with Gasteiger partial charge in [-0.2, -0.15) is 0 Å². The maximum atomic E-state index is 13.0. The zero-order valence-corrected chi connectivity index (χ0v) is 11.2. The van der Waals surface area contributed by atoms with Gasteiger partial charge < -0.3 is 0 Å². The molecule has 2 aromatic heterocycles. The molecule has 0 radical (unpaired) electrons. The minimum absolute atomic E-state index is 0.161. The van der Waals surface area contributed by atoms with Crippen molar-refractivity contribution in [1.82, 2.24) is 12.9 Å². The molecule has 1 aromatic carbocycles. The van der Waals surface area contributed by atoms with Crippen LogP contribution < -0.4 is 5.32 Å². The van der Waals surface area contributed by atoms with Crippen molar-refractivity contribution in [3.05, 3.63) is 48.0 Å². The average Bonchev–Trinajstić information content (AvgIpc) is 2.88. The van der Waals surface area contributed by atoms with Gasteiger partial charge in [0.15, 0.2) is 0 Å². The first-order valence-electron chi connectivity index (χ1n) is 5.38. The number of anilines is 1. The van der Waals surface area contributed by atoms with E-state index in [1.165, 1.54) is 12.3 Å². The first-order chi connectivity index (χ1) is 9.24. The van der Waals surface area contributed by atoms with Gasteiger partial charge in [0.25, 0.3) is 0 Å². The molecule has 0 atom stereocenters. The molecule has 0 aliphatic rings. The SMILES string of the molecule is O=C(Nc1cccc2n[se]nc12)c1ccnc(F)c1. The van der Waals surface area contributed by atoms with Crippen molar-refractivity contribution < 1.29 is 9.18 Å². The first-order valence-corrected chi connectivity index (χ1v) is 6.91. The van der Waals surface area contributed by atoms with E-state index >= 15 is 0 Å². The Bertz CT molecular complexity index is 758. The molecule has 0 unspecified atom stereocenters. The molecular formula is C12H7FN4OSe. The third kappa shape index (κ3) is 2.38. The number of hydrogen-bond acceptors (Lipinski definition) is 4. The second kappa shape index (κ2) is 4.87. The Morgan fingerprint density at radius 3 is 3.00 bits per heavy atom. The molecule has 0 saturated carbocycles. The molecular weight excluding hydrogens is 314 g/mol. The van der Waals surface area contributed by atoms with Crippen LogP contribution in [-0.2, 0) is 0 Å². The number of halogens is 1. The fraction of sp³-hybridized carbons (Fsp3) is 0. The molecule has 1 N–H and O–H groups in total. The van der Waals surface area contributed by atoms with Gasteiger partial charge in [-0.05, 0) is 0 Å². The fourth-order valence-corrected chi connectivity index (χ4v) is 2.80. The third-order valence-electron chi connectivity index (χ3n) is 2.52. The standard InChI is InChI=1S/C12H7FN4OSe/c13-10-6-7(4-5-14-10)12(18)15-8-2-1-3-9-11(8)17-19-16-9/h1-6H,(H,15,18). The second-order valence-corrected chi connectivity index (χ2v) is 4.87. The predicted molar refractivity (Wildman–Crippen MR) is 68.6 cm³/mol. The van der Waals surface area contributed by atoms with Crippen molar-refractivity contribution in [2.75, 3.05) is 5.32 Å². The number of rotatable bonds is 2. The zero-order valence-electron chi connectivity index (χ0n) is 9.50. The van der Waals surface area contributed by atoms with E-state index in [1.807, 2.05) is 6.07 Å². The average molecular weight is 321 g/mol. The molecule has 0 saturated heterocycles. The Morgan fingerprint density at radius 2 is 2.16 bits per heavy atom. The van der Waals surface area contributed by atoms with Crippen LogP contribution >= 0.6 is 0 Å². The van der Waals surface area contributed by atoms with Gasteiger partial charge >= 0.3 is 113 Å². The summed E-state index contributed by atoms with van der Waals surface area (Å²) >= 11 is -0.161. The van der Waals surface area contributed by atoms with Crippen molar-refractivity contribution in [3.8, 4) is 0 Å². The van der Waals surface area contributed by atoms with Crippen molar-refractivity contribution in [1.29, 1.82) is 0 Å². The van der Waals surface area contributed by atoms with Gasteiger partial charge in [-0.1, -0.05) is 0 Å². The van der Waals surface area contributed by atoms with Crippen LogP contribution in [0.15, 0.2) is 36.5 Å². The summed E-state index contributed by atoms with van der Waals surface area (Å²) in [7, 11) is 0. The Labute approximate surface area is 113 Å². The van der Waals surface area contributed by atoms with Crippen molar-refractivity contribution in [2.24, 2.45) is 0 Å². The Morgan fingerprint density at radius 1 is 1.26 bits per heavy atom. The number of amides is 1. The summed E-state index contributed by atoms with van der Waals surface area (Å²) in [5, 5.41) is 2.71. The number of benzene rings is 1. The predicted octanol–water partition coefficient (Wildman–Crippen LogP) is 1.47. The Balaban J connectivity index is 1.93. The van der Waals surface area contributed by atoms with Gasteiger partial charge in [-0.15, -0.1) is 0 Å². The van der Waals surface area contributed by atoms with Crippen molar-refractivity contribution >= 4 is 37.6 Å². The van der Waals surface area contributed by atoms with Gasteiger partial charge in [0.2, 0.25) is 0 Å². The summed E-state index contributed by atoms with van der Waals surface area (Å²) in [6, 6.07) is 7.92. The van der Waals surface area contributed by atoms with Crippen LogP contribution in [0.1, 0.15) is 10.4 Å². The Kier molecular flexibility index (Phi) is 3.06. The summed E-state index contributed by atoms with van der Waals surface area (Å²) in [5.74, 6) is -1.08. The fourth-order valence-electron chi connectivity index (χ4n) is 1.65. The topological polar surface area (TPSA) is 67.8 Å². The first kappa shape index (κ1) is 12.0. The molecule has 0 spiro atoms. The molecule has 0 aliphatic carbocycles. The third-order valence-corrected chi connectivity index (χ3v) is 3.66. The van der Waals surface area contributed by atoms with Crippen LogP contribution in [0.2, 0.25) is 0 Å². The van der Waals surface area contributed by atoms with Gasteiger partial charge in [-0.3, -0.25) is 0 Å². The molecule has 0 fully saturated rings. The van der Waals surface area contributed by atoms with E-state index in [9.17, 15) is 9.18 Å². The van der Waals surface area contributed by atoms with E-state index < -0.39 is 11.9 Å². The van der Waals surface area contributed by atoms with Gasteiger partial charge in [0.05, 0.1) is 0 Å². The molecule has 7 heteroatoms. The molecule has 3 rings (SSSR count). The van der Waals surface area contributed by atoms with Crippen LogP contribution in [0, 0.1) is 5.95 Å². The van der Waals surface area contributed by atoms with E-state index in [1.54, 1.807) is 12.1 Å². The van der Waals surface area contributed by atoms with Gasteiger partial charge in [-0.25, -0.2) is 0 Å². The number of aromatic nitrogens is 3. The van der Waals surface area contributed by atoms with E-state index in [0.717, 1.165) is 11.6 Å². The number of carbonyl (C=O) groups excluding carboxylic acids is 1. The number of nitrogens with one attached hydrogen (secondary N) is 1.